The maximum absolute atomic E-state index is 14.1. The molecule has 6 rings (SSSR count). The molecule has 0 saturated carbocycles. The van der Waals surface area contributed by atoms with Crippen LogP contribution in [0.25, 0.3) is 27.8 Å². The Morgan fingerprint density at radius 2 is 1.53 bits per heavy atom. The van der Waals surface area contributed by atoms with E-state index >= 15 is 0 Å². The van der Waals surface area contributed by atoms with Gasteiger partial charge in [-0.15, -0.1) is 0 Å². The molecule has 9 heteroatoms. The Kier molecular flexibility index (Phi) is 7.52. The maximum atomic E-state index is 14.1. The number of benzene rings is 1. The Labute approximate surface area is 265 Å². The molecule has 2 bridgehead atoms. The molecule has 4 aromatic rings. The number of piperidine rings is 1. The molecular formula is C36H47N5O4. The molecule has 1 amide bonds. The van der Waals surface area contributed by atoms with E-state index in [0.717, 1.165) is 70.2 Å². The SMILES string of the molecule is Cc1c(-c2c(C(C)C)c3cc(C4CC5CCC(C4)N5C(=O)OC(C)(C)C)ccc3n2C(=O)OC(C)(C)C)cn2ncnc2c1C. The van der Waals surface area contributed by atoms with Crippen molar-refractivity contribution in [3.05, 3.63) is 53.0 Å². The van der Waals surface area contributed by atoms with Crippen LogP contribution in [0, 0.1) is 13.8 Å². The quantitative estimate of drug-likeness (QED) is 0.230. The van der Waals surface area contributed by atoms with Gasteiger partial charge in [-0.2, -0.15) is 5.10 Å². The first-order valence-corrected chi connectivity index (χ1v) is 16.3. The van der Waals surface area contributed by atoms with E-state index in [1.165, 1.54) is 5.56 Å². The molecule has 0 aliphatic carbocycles. The minimum Gasteiger partial charge on any atom is -0.444 e. The predicted molar refractivity (Wildman–Crippen MR) is 176 cm³/mol. The second kappa shape index (κ2) is 10.9. The number of ether oxygens (including phenoxy) is 2. The molecule has 2 fully saturated rings. The first-order chi connectivity index (χ1) is 21.0. The number of pyridine rings is 1. The standard InChI is InChI=1S/C36H47N5O4/c1-20(2)30-27-17-23(24-15-25-12-13-26(16-24)40(25)33(42)44-35(5,6)7)11-14-29(27)41(34(43)45-36(8,9)10)31(30)28-18-39-32(37-19-38-39)22(4)21(28)3/h11,14,17-20,24-26H,12-13,15-16H2,1-10H3. The van der Waals surface area contributed by atoms with Gasteiger partial charge in [0.1, 0.15) is 17.5 Å². The minimum absolute atomic E-state index is 0.123. The summed E-state index contributed by atoms with van der Waals surface area (Å²) in [5.41, 5.74) is 6.65. The van der Waals surface area contributed by atoms with Gasteiger partial charge in [-0.1, -0.05) is 19.9 Å². The van der Waals surface area contributed by atoms with E-state index < -0.39 is 17.3 Å². The van der Waals surface area contributed by atoms with Gasteiger partial charge in [0.25, 0.3) is 0 Å². The number of carbonyl (C=O) groups excluding carboxylic acids is 2. The second-order valence-corrected chi connectivity index (χ2v) is 15.3. The zero-order chi connectivity index (χ0) is 32.6. The third kappa shape index (κ3) is 5.59. The van der Waals surface area contributed by atoms with Crippen LogP contribution in [0.1, 0.15) is 115 Å². The van der Waals surface area contributed by atoms with E-state index in [4.69, 9.17) is 9.47 Å². The number of hydrogen-bond acceptors (Lipinski definition) is 6. The lowest BCUT2D eigenvalue weighted by Crippen LogP contribution is -2.48. The molecule has 45 heavy (non-hydrogen) atoms. The molecule has 1 aromatic carbocycles. The van der Waals surface area contributed by atoms with Gasteiger partial charge >= 0.3 is 12.2 Å². The van der Waals surface area contributed by atoms with Crippen molar-refractivity contribution in [2.75, 3.05) is 0 Å². The number of rotatable bonds is 3. The molecule has 2 unspecified atom stereocenters. The number of nitrogens with zero attached hydrogens (tertiary/aromatic N) is 5. The summed E-state index contributed by atoms with van der Waals surface area (Å²) in [6.45, 7) is 19.9. The number of hydrogen-bond donors (Lipinski definition) is 0. The molecule has 9 nitrogen and oxygen atoms in total. The van der Waals surface area contributed by atoms with E-state index in [1.54, 1.807) is 15.4 Å². The smallest absolute Gasteiger partial charge is 0.419 e. The fraction of sp³-hybridized carbons (Fsp3) is 0.556. The molecule has 0 spiro atoms. The molecule has 2 atom stereocenters. The van der Waals surface area contributed by atoms with Crippen molar-refractivity contribution in [1.82, 2.24) is 24.1 Å². The molecule has 2 aliphatic rings. The Balaban J connectivity index is 1.48. The molecule has 2 saturated heterocycles. The van der Waals surface area contributed by atoms with Gasteiger partial charge in [-0.05, 0) is 127 Å². The lowest BCUT2D eigenvalue weighted by atomic mass is 9.84. The molecule has 3 aromatic heterocycles. The summed E-state index contributed by atoms with van der Waals surface area (Å²) in [5, 5.41) is 5.50. The summed E-state index contributed by atoms with van der Waals surface area (Å²) in [6, 6.07) is 6.89. The van der Waals surface area contributed by atoms with Crippen molar-refractivity contribution in [3.8, 4) is 11.3 Å². The highest BCUT2D eigenvalue weighted by molar-refractivity contribution is 6.01. The van der Waals surface area contributed by atoms with Crippen molar-refractivity contribution >= 4 is 28.7 Å². The molecular weight excluding hydrogens is 566 g/mol. The van der Waals surface area contributed by atoms with Gasteiger partial charge < -0.3 is 14.4 Å². The van der Waals surface area contributed by atoms with E-state index in [0.29, 0.717) is 5.92 Å². The maximum Gasteiger partial charge on any atom is 0.419 e. The van der Waals surface area contributed by atoms with Gasteiger partial charge in [-0.3, -0.25) is 0 Å². The molecule has 0 radical (unpaired) electrons. The van der Waals surface area contributed by atoms with Crippen LogP contribution >= 0.6 is 0 Å². The van der Waals surface area contributed by atoms with Crippen LogP contribution in [0.3, 0.4) is 0 Å². The van der Waals surface area contributed by atoms with Crippen molar-refractivity contribution < 1.29 is 19.1 Å². The highest BCUT2D eigenvalue weighted by atomic mass is 16.6. The van der Waals surface area contributed by atoms with Crippen LogP contribution < -0.4 is 0 Å². The Hall–Kier alpha value is -3.88. The average molecular weight is 614 g/mol. The highest BCUT2D eigenvalue weighted by Gasteiger charge is 2.45. The predicted octanol–water partition coefficient (Wildman–Crippen LogP) is 8.52. The molecule has 5 heterocycles. The van der Waals surface area contributed by atoms with Gasteiger partial charge in [0, 0.05) is 29.2 Å². The van der Waals surface area contributed by atoms with Crippen LogP contribution in [0.4, 0.5) is 9.59 Å². The van der Waals surface area contributed by atoms with Crippen molar-refractivity contribution in [2.24, 2.45) is 0 Å². The van der Waals surface area contributed by atoms with Crippen molar-refractivity contribution in [3.63, 3.8) is 0 Å². The number of aryl methyl sites for hydroxylation is 1. The summed E-state index contributed by atoms with van der Waals surface area (Å²) in [7, 11) is 0. The van der Waals surface area contributed by atoms with Gasteiger partial charge in [-0.25, -0.2) is 23.7 Å². The molecule has 0 N–H and O–H groups in total. The van der Waals surface area contributed by atoms with Crippen LogP contribution in [-0.2, 0) is 9.47 Å². The zero-order valence-corrected chi connectivity index (χ0v) is 28.4. The zero-order valence-electron chi connectivity index (χ0n) is 28.4. The number of aromatic nitrogens is 4. The van der Waals surface area contributed by atoms with E-state index in [1.807, 2.05) is 52.6 Å². The minimum atomic E-state index is -0.662. The molecule has 2 aliphatic heterocycles. The highest BCUT2D eigenvalue weighted by Crippen LogP contribution is 2.46. The average Bonchev–Trinajstić information content (AvgIpc) is 3.60. The largest absolute Gasteiger partial charge is 0.444 e. The van der Waals surface area contributed by atoms with E-state index in [2.05, 4.69) is 56.0 Å². The second-order valence-electron chi connectivity index (χ2n) is 15.3. The Bertz CT molecular complexity index is 1790. The van der Waals surface area contributed by atoms with E-state index in [9.17, 15) is 9.59 Å². The number of fused-ring (bicyclic) bond motifs is 4. The van der Waals surface area contributed by atoms with Crippen LogP contribution in [0.15, 0.2) is 30.7 Å². The lowest BCUT2D eigenvalue weighted by Gasteiger charge is -2.39. The molecule has 240 valence electrons. The van der Waals surface area contributed by atoms with Crippen molar-refractivity contribution in [2.45, 2.75) is 130 Å². The third-order valence-electron chi connectivity index (χ3n) is 9.37. The number of carbonyl (C=O) groups is 2. The first-order valence-electron chi connectivity index (χ1n) is 16.3. The van der Waals surface area contributed by atoms with Crippen LogP contribution in [0.5, 0.6) is 0 Å². The van der Waals surface area contributed by atoms with Gasteiger partial charge in [0.15, 0.2) is 5.65 Å². The van der Waals surface area contributed by atoms with Gasteiger partial charge in [0.2, 0.25) is 0 Å². The first kappa shape index (κ1) is 31.1. The Morgan fingerprint density at radius 3 is 2.13 bits per heavy atom. The fourth-order valence-electron chi connectivity index (χ4n) is 7.44. The summed E-state index contributed by atoms with van der Waals surface area (Å²) >= 11 is 0. The topological polar surface area (TPSA) is 91.0 Å². The summed E-state index contributed by atoms with van der Waals surface area (Å²) in [5.74, 6) is 0.437. The summed E-state index contributed by atoms with van der Waals surface area (Å²) < 4.78 is 15.4. The monoisotopic (exact) mass is 613 g/mol. The lowest BCUT2D eigenvalue weighted by molar-refractivity contribution is 0.00582. The van der Waals surface area contributed by atoms with Crippen LogP contribution in [0.2, 0.25) is 0 Å². The fourth-order valence-corrected chi connectivity index (χ4v) is 7.44. The third-order valence-corrected chi connectivity index (χ3v) is 9.37. The van der Waals surface area contributed by atoms with Crippen LogP contribution in [-0.4, -0.2) is 59.5 Å². The Morgan fingerprint density at radius 1 is 0.911 bits per heavy atom. The van der Waals surface area contributed by atoms with Crippen molar-refractivity contribution in [1.29, 1.82) is 0 Å². The van der Waals surface area contributed by atoms with Gasteiger partial charge in [0.05, 0.1) is 11.2 Å². The summed E-state index contributed by atoms with van der Waals surface area (Å²) in [4.78, 5) is 33.6. The summed E-state index contributed by atoms with van der Waals surface area (Å²) in [6.07, 6.45) is 6.76. The normalized spacial score (nSPS) is 20.4. The van der Waals surface area contributed by atoms with E-state index in [-0.39, 0.29) is 24.1 Å². The number of amides is 1.